The normalized spacial score (nSPS) is 10.7. The van der Waals surface area contributed by atoms with Crippen molar-refractivity contribution in [3.05, 3.63) is 47.7 Å². The standard InChI is InChI=1S/C14H14N4O2S/c19-13(17-5-1-4-12-15-6-7-16-12)10-9-21-14(18-10)11-3-2-8-20-11/h2-3,6-9H,1,4-5H2,(H,15,16)(H,17,19). The SMILES string of the molecule is O=C(NCCCc1ncc[nH]1)c1csc(-c2ccco2)n1. The molecule has 0 aromatic carbocycles. The third-order valence-corrected chi connectivity index (χ3v) is 3.76. The number of carbonyl (C=O) groups excluding carboxylic acids is 1. The van der Waals surface area contributed by atoms with E-state index in [4.69, 9.17) is 4.42 Å². The van der Waals surface area contributed by atoms with E-state index < -0.39 is 0 Å². The lowest BCUT2D eigenvalue weighted by Gasteiger charge is -2.01. The first-order valence-corrected chi connectivity index (χ1v) is 7.47. The third kappa shape index (κ3) is 3.38. The number of nitrogens with zero attached hydrogens (tertiary/aromatic N) is 2. The van der Waals surface area contributed by atoms with E-state index >= 15 is 0 Å². The molecule has 3 heterocycles. The summed E-state index contributed by atoms with van der Waals surface area (Å²) in [5.74, 6) is 1.44. The van der Waals surface area contributed by atoms with Gasteiger partial charge in [0.25, 0.3) is 5.91 Å². The van der Waals surface area contributed by atoms with Crippen molar-refractivity contribution in [2.75, 3.05) is 6.54 Å². The van der Waals surface area contributed by atoms with E-state index in [0.717, 1.165) is 18.7 Å². The minimum atomic E-state index is -0.163. The maximum absolute atomic E-state index is 12.0. The highest BCUT2D eigenvalue weighted by Crippen LogP contribution is 2.23. The van der Waals surface area contributed by atoms with Gasteiger partial charge in [0, 0.05) is 30.7 Å². The van der Waals surface area contributed by atoms with Crippen molar-refractivity contribution in [1.82, 2.24) is 20.3 Å². The van der Waals surface area contributed by atoms with Gasteiger partial charge in [-0.15, -0.1) is 11.3 Å². The van der Waals surface area contributed by atoms with Crippen molar-refractivity contribution >= 4 is 17.2 Å². The first-order valence-electron chi connectivity index (χ1n) is 6.59. The summed E-state index contributed by atoms with van der Waals surface area (Å²) in [5, 5.41) is 5.30. The number of thiazole rings is 1. The number of nitrogens with one attached hydrogen (secondary N) is 2. The Morgan fingerprint density at radius 2 is 2.43 bits per heavy atom. The van der Waals surface area contributed by atoms with Gasteiger partial charge in [0.2, 0.25) is 0 Å². The number of aromatic nitrogens is 3. The fourth-order valence-electron chi connectivity index (χ4n) is 1.87. The Bertz CT molecular complexity index is 688. The molecule has 0 saturated carbocycles. The molecule has 7 heteroatoms. The van der Waals surface area contributed by atoms with Crippen LogP contribution in [0.2, 0.25) is 0 Å². The maximum atomic E-state index is 12.0. The van der Waals surface area contributed by atoms with E-state index in [0.29, 0.717) is 23.0 Å². The van der Waals surface area contributed by atoms with E-state index in [2.05, 4.69) is 20.3 Å². The maximum Gasteiger partial charge on any atom is 0.270 e. The van der Waals surface area contributed by atoms with Crippen LogP contribution in [0.4, 0.5) is 0 Å². The zero-order chi connectivity index (χ0) is 14.5. The van der Waals surface area contributed by atoms with Crippen molar-refractivity contribution in [1.29, 1.82) is 0 Å². The highest BCUT2D eigenvalue weighted by Gasteiger charge is 2.12. The molecule has 0 aliphatic carbocycles. The summed E-state index contributed by atoms with van der Waals surface area (Å²) in [6.07, 6.45) is 6.74. The number of rotatable bonds is 6. The largest absolute Gasteiger partial charge is 0.462 e. The molecule has 21 heavy (non-hydrogen) atoms. The van der Waals surface area contributed by atoms with Crippen LogP contribution in [-0.4, -0.2) is 27.4 Å². The molecule has 3 aromatic heterocycles. The monoisotopic (exact) mass is 302 g/mol. The summed E-state index contributed by atoms with van der Waals surface area (Å²) >= 11 is 1.39. The molecular formula is C14H14N4O2S. The summed E-state index contributed by atoms with van der Waals surface area (Å²) in [4.78, 5) is 23.4. The quantitative estimate of drug-likeness (QED) is 0.685. The molecule has 0 spiro atoms. The van der Waals surface area contributed by atoms with Crippen molar-refractivity contribution in [2.45, 2.75) is 12.8 Å². The van der Waals surface area contributed by atoms with Crippen molar-refractivity contribution in [3.63, 3.8) is 0 Å². The van der Waals surface area contributed by atoms with Crippen molar-refractivity contribution in [3.8, 4) is 10.8 Å². The van der Waals surface area contributed by atoms with Crippen LogP contribution in [0.3, 0.4) is 0 Å². The summed E-state index contributed by atoms with van der Waals surface area (Å²) in [7, 11) is 0. The lowest BCUT2D eigenvalue weighted by molar-refractivity contribution is 0.0949. The molecule has 0 aliphatic rings. The lowest BCUT2D eigenvalue weighted by Crippen LogP contribution is -2.25. The fraction of sp³-hybridized carbons (Fsp3) is 0.214. The van der Waals surface area contributed by atoms with Crippen LogP contribution in [0.25, 0.3) is 10.8 Å². The fourth-order valence-corrected chi connectivity index (χ4v) is 2.64. The van der Waals surface area contributed by atoms with Gasteiger partial charge in [-0.25, -0.2) is 9.97 Å². The van der Waals surface area contributed by atoms with E-state index in [1.165, 1.54) is 11.3 Å². The molecule has 3 aromatic rings. The molecule has 1 amide bonds. The van der Waals surface area contributed by atoms with Gasteiger partial charge in [0.1, 0.15) is 11.5 Å². The summed E-state index contributed by atoms with van der Waals surface area (Å²) in [6.45, 7) is 0.590. The molecule has 0 radical (unpaired) electrons. The van der Waals surface area contributed by atoms with Crippen molar-refractivity contribution < 1.29 is 9.21 Å². The van der Waals surface area contributed by atoms with Crippen LogP contribution in [0.5, 0.6) is 0 Å². The molecule has 0 unspecified atom stereocenters. The Morgan fingerprint density at radius 3 is 3.19 bits per heavy atom. The lowest BCUT2D eigenvalue weighted by atomic mass is 10.3. The van der Waals surface area contributed by atoms with Gasteiger partial charge in [-0.05, 0) is 18.6 Å². The van der Waals surface area contributed by atoms with Crippen LogP contribution in [-0.2, 0) is 6.42 Å². The zero-order valence-corrected chi connectivity index (χ0v) is 12.0. The summed E-state index contributed by atoms with van der Waals surface area (Å²) in [6, 6.07) is 3.62. The molecule has 0 bridgehead atoms. The van der Waals surface area contributed by atoms with Gasteiger partial charge in [0.05, 0.1) is 6.26 Å². The van der Waals surface area contributed by atoms with Crippen LogP contribution in [0, 0.1) is 0 Å². The highest BCUT2D eigenvalue weighted by molar-refractivity contribution is 7.13. The predicted molar refractivity (Wildman–Crippen MR) is 79.1 cm³/mol. The highest BCUT2D eigenvalue weighted by atomic mass is 32.1. The van der Waals surface area contributed by atoms with Gasteiger partial charge in [-0.2, -0.15) is 0 Å². The van der Waals surface area contributed by atoms with Crippen LogP contribution in [0.1, 0.15) is 22.7 Å². The number of hydrogen-bond donors (Lipinski definition) is 2. The van der Waals surface area contributed by atoms with E-state index in [1.807, 2.05) is 6.07 Å². The topological polar surface area (TPSA) is 83.8 Å². The minimum Gasteiger partial charge on any atom is -0.462 e. The van der Waals surface area contributed by atoms with E-state index in [1.54, 1.807) is 30.1 Å². The number of furan rings is 1. The average molecular weight is 302 g/mol. The van der Waals surface area contributed by atoms with Crippen molar-refractivity contribution in [2.24, 2.45) is 0 Å². The summed E-state index contributed by atoms with van der Waals surface area (Å²) in [5.41, 5.74) is 0.421. The van der Waals surface area contributed by atoms with Crippen LogP contribution >= 0.6 is 11.3 Å². The Kier molecular flexibility index (Phi) is 4.11. The number of hydrogen-bond acceptors (Lipinski definition) is 5. The first kappa shape index (κ1) is 13.6. The second-order valence-electron chi connectivity index (χ2n) is 4.41. The number of aromatic amines is 1. The van der Waals surface area contributed by atoms with Gasteiger partial charge >= 0.3 is 0 Å². The zero-order valence-electron chi connectivity index (χ0n) is 11.2. The molecule has 0 fully saturated rings. The number of amides is 1. The van der Waals surface area contributed by atoms with Crippen LogP contribution in [0.15, 0.2) is 40.6 Å². The average Bonchev–Trinajstić information content (AvgIpc) is 3.25. The minimum absolute atomic E-state index is 0.163. The Morgan fingerprint density at radius 1 is 1.48 bits per heavy atom. The second kappa shape index (κ2) is 6.36. The van der Waals surface area contributed by atoms with Crippen LogP contribution < -0.4 is 5.32 Å². The Hall–Kier alpha value is -2.41. The number of H-pyrrole nitrogens is 1. The third-order valence-electron chi connectivity index (χ3n) is 2.90. The molecule has 3 rings (SSSR count). The molecule has 6 nitrogen and oxygen atoms in total. The first-order chi connectivity index (χ1) is 10.3. The van der Waals surface area contributed by atoms with E-state index in [9.17, 15) is 4.79 Å². The molecule has 108 valence electrons. The Labute approximate surface area is 125 Å². The summed E-state index contributed by atoms with van der Waals surface area (Å²) < 4.78 is 5.26. The van der Waals surface area contributed by atoms with Gasteiger partial charge in [-0.3, -0.25) is 4.79 Å². The second-order valence-corrected chi connectivity index (χ2v) is 5.27. The molecule has 0 saturated heterocycles. The number of carbonyl (C=O) groups is 1. The number of aryl methyl sites for hydroxylation is 1. The Balaban J connectivity index is 1.49. The molecule has 0 atom stereocenters. The molecular weight excluding hydrogens is 288 g/mol. The van der Waals surface area contributed by atoms with Gasteiger partial charge in [-0.1, -0.05) is 0 Å². The van der Waals surface area contributed by atoms with Gasteiger partial charge in [0.15, 0.2) is 10.8 Å². The number of imidazole rings is 1. The predicted octanol–water partition coefficient (Wildman–Crippen LogP) is 2.49. The molecule has 2 N–H and O–H groups in total. The smallest absolute Gasteiger partial charge is 0.270 e. The molecule has 0 aliphatic heterocycles. The van der Waals surface area contributed by atoms with Gasteiger partial charge < -0.3 is 14.7 Å². The van der Waals surface area contributed by atoms with E-state index in [-0.39, 0.29) is 5.91 Å².